The van der Waals surface area contributed by atoms with Crippen LogP contribution in [-0.2, 0) is 14.8 Å². The number of hydrogen-bond acceptors (Lipinski definition) is 4. The van der Waals surface area contributed by atoms with E-state index in [1.807, 2.05) is 0 Å². The van der Waals surface area contributed by atoms with Crippen molar-refractivity contribution in [3.8, 4) is 0 Å². The van der Waals surface area contributed by atoms with Gasteiger partial charge in [0.2, 0.25) is 10.0 Å². The predicted molar refractivity (Wildman–Crippen MR) is 57.6 cm³/mol. The van der Waals surface area contributed by atoms with Crippen molar-refractivity contribution in [3.63, 3.8) is 0 Å². The highest BCUT2D eigenvalue weighted by Gasteiger charge is 2.12. The third-order valence-electron chi connectivity index (χ3n) is 1.77. The fourth-order valence-electron chi connectivity index (χ4n) is 1.09. The Labute approximate surface area is 92.9 Å². The molecule has 0 aliphatic carbocycles. The number of aromatic nitrogens is 2. The molecule has 1 aromatic heterocycles. The van der Waals surface area contributed by atoms with Gasteiger partial charge in [0.1, 0.15) is 0 Å². The monoisotopic (exact) mass is 247 g/mol. The van der Waals surface area contributed by atoms with Crippen molar-refractivity contribution in [2.45, 2.75) is 19.8 Å². The van der Waals surface area contributed by atoms with E-state index in [4.69, 9.17) is 5.11 Å². The summed E-state index contributed by atoms with van der Waals surface area (Å²) >= 11 is 0. The number of nitrogens with zero attached hydrogens (tertiary/aromatic N) is 1. The SMILES string of the molecule is Cc1cc(NS(=O)(=O)CCCC(=O)O)n[nH]1. The summed E-state index contributed by atoms with van der Waals surface area (Å²) in [6.45, 7) is 1.75. The molecular formula is C8H13N3O4S. The van der Waals surface area contributed by atoms with Crippen molar-refractivity contribution in [1.82, 2.24) is 10.2 Å². The number of carboxylic acids is 1. The largest absolute Gasteiger partial charge is 0.481 e. The second-order valence-corrected chi connectivity index (χ2v) is 5.20. The van der Waals surface area contributed by atoms with Gasteiger partial charge in [0, 0.05) is 18.2 Å². The molecule has 0 radical (unpaired) electrons. The van der Waals surface area contributed by atoms with Crippen LogP contribution < -0.4 is 4.72 Å². The number of anilines is 1. The molecule has 1 rings (SSSR count). The van der Waals surface area contributed by atoms with Gasteiger partial charge in [0.25, 0.3) is 0 Å². The van der Waals surface area contributed by atoms with Crippen LogP contribution in [0.5, 0.6) is 0 Å². The van der Waals surface area contributed by atoms with Crippen molar-refractivity contribution < 1.29 is 18.3 Å². The number of sulfonamides is 1. The van der Waals surface area contributed by atoms with E-state index in [0.29, 0.717) is 0 Å². The Kier molecular flexibility index (Phi) is 3.88. The molecule has 1 heterocycles. The molecule has 1 aromatic rings. The maximum absolute atomic E-state index is 11.4. The third kappa shape index (κ3) is 4.30. The Bertz CT molecular complexity index is 465. The van der Waals surface area contributed by atoms with Crippen molar-refractivity contribution in [3.05, 3.63) is 11.8 Å². The molecule has 0 amide bonds. The Hall–Kier alpha value is -1.57. The molecule has 0 saturated heterocycles. The lowest BCUT2D eigenvalue weighted by atomic mass is 10.3. The molecule has 16 heavy (non-hydrogen) atoms. The van der Waals surface area contributed by atoms with Crippen LogP contribution in [0.3, 0.4) is 0 Å². The minimum atomic E-state index is -3.51. The van der Waals surface area contributed by atoms with Crippen molar-refractivity contribution in [1.29, 1.82) is 0 Å². The van der Waals surface area contributed by atoms with Crippen molar-refractivity contribution in [2.75, 3.05) is 10.5 Å². The summed E-state index contributed by atoms with van der Waals surface area (Å²) in [6, 6.07) is 1.55. The van der Waals surface area contributed by atoms with E-state index in [0.717, 1.165) is 5.69 Å². The summed E-state index contributed by atoms with van der Waals surface area (Å²) < 4.78 is 25.1. The van der Waals surface area contributed by atoms with E-state index >= 15 is 0 Å². The zero-order valence-corrected chi connectivity index (χ0v) is 9.54. The van der Waals surface area contributed by atoms with Gasteiger partial charge < -0.3 is 5.11 Å². The topological polar surface area (TPSA) is 112 Å². The highest BCUT2D eigenvalue weighted by atomic mass is 32.2. The zero-order chi connectivity index (χ0) is 12.2. The zero-order valence-electron chi connectivity index (χ0n) is 8.73. The highest BCUT2D eigenvalue weighted by Crippen LogP contribution is 2.07. The maximum Gasteiger partial charge on any atom is 0.303 e. The van der Waals surface area contributed by atoms with E-state index in [9.17, 15) is 13.2 Å². The molecule has 0 unspecified atom stereocenters. The van der Waals surface area contributed by atoms with E-state index in [-0.39, 0.29) is 24.4 Å². The molecular weight excluding hydrogens is 234 g/mol. The molecule has 0 bridgehead atoms. The molecule has 7 nitrogen and oxygen atoms in total. The number of H-pyrrole nitrogens is 1. The molecule has 0 aromatic carbocycles. The van der Waals surface area contributed by atoms with Gasteiger partial charge >= 0.3 is 5.97 Å². The number of rotatable bonds is 6. The Morgan fingerprint density at radius 3 is 2.81 bits per heavy atom. The summed E-state index contributed by atoms with van der Waals surface area (Å²) in [5.41, 5.74) is 0.739. The Morgan fingerprint density at radius 1 is 1.62 bits per heavy atom. The first-order chi connectivity index (χ1) is 7.39. The van der Waals surface area contributed by atoms with Gasteiger partial charge in [-0.2, -0.15) is 5.10 Å². The standard InChI is InChI=1S/C8H13N3O4S/c1-6-5-7(10-9-6)11-16(14,15)4-2-3-8(12)13/h5H,2-4H2,1H3,(H,12,13)(H2,9,10,11). The van der Waals surface area contributed by atoms with Gasteiger partial charge in [-0.3, -0.25) is 14.6 Å². The van der Waals surface area contributed by atoms with Crippen LogP contribution in [0.2, 0.25) is 0 Å². The van der Waals surface area contributed by atoms with E-state index in [1.165, 1.54) is 0 Å². The Balaban J connectivity index is 2.49. The van der Waals surface area contributed by atoms with Crippen molar-refractivity contribution >= 4 is 21.8 Å². The van der Waals surface area contributed by atoms with Crippen LogP contribution in [0.25, 0.3) is 0 Å². The van der Waals surface area contributed by atoms with E-state index < -0.39 is 16.0 Å². The third-order valence-corrected chi connectivity index (χ3v) is 3.12. The van der Waals surface area contributed by atoms with Crippen LogP contribution in [0.4, 0.5) is 5.82 Å². The molecule has 0 saturated carbocycles. The number of hydrogen-bond donors (Lipinski definition) is 3. The summed E-state index contributed by atoms with van der Waals surface area (Å²) in [4.78, 5) is 10.2. The van der Waals surface area contributed by atoms with Crippen LogP contribution >= 0.6 is 0 Å². The Morgan fingerprint density at radius 2 is 2.31 bits per heavy atom. The summed E-state index contributed by atoms with van der Waals surface area (Å²) in [6.07, 6.45) is -0.0887. The lowest BCUT2D eigenvalue weighted by molar-refractivity contribution is -0.137. The van der Waals surface area contributed by atoms with E-state index in [1.54, 1.807) is 13.0 Å². The van der Waals surface area contributed by atoms with Crippen LogP contribution in [-0.4, -0.2) is 35.4 Å². The second kappa shape index (κ2) is 4.97. The first-order valence-corrected chi connectivity index (χ1v) is 6.28. The summed E-state index contributed by atoms with van der Waals surface area (Å²) in [5, 5.41) is 14.7. The average Bonchev–Trinajstić information content (AvgIpc) is 2.48. The molecule has 0 aliphatic rings. The number of carbonyl (C=O) groups is 1. The number of nitrogens with one attached hydrogen (secondary N) is 2. The maximum atomic E-state index is 11.4. The number of aryl methyl sites for hydroxylation is 1. The van der Waals surface area contributed by atoms with Gasteiger partial charge in [0.05, 0.1) is 5.75 Å². The van der Waals surface area contributed by atoms with Gasteiger partial charge in [-0.05, 0) is 13.3 Å². The molecule has 0 atom stereocenters. The summed E-state index contributed by atoms with van der Waals surface area (Å²) in [5.74, 6) is -1.02. The van der Waals surface area contributed by atoms with Crippen LogP contribution in [0.1, 0.15) is 18.5 Å². The molecule has 8 heteroatoms. The first kappa shape index (κ1) is 12.5. The van der Waals surface area contributed by atoms with E-state index in [2.05, 4.69) is 14.9 Å². The number of aromatic amines is 1. The lowest BCUT2D eigenvalue weighted by Crippen LogP contribution is -2.17. The highest BCUT2D eigenvalue weighted by molar-refractivity contribution is 7.92. The molecule has 0 spiro atoms. The molecule has 90 valence electrons. The molecule has 3 N–H and O–H groups in total. The minimum absolute atomic E-state index is 0.0775. The van der Waals surface area contributed by atoms with Gasteiger partial charge in [0.15, 0.2) is 5.82 Å². The first-order valence-electron chi connectivity index (χ1n) is 4.63. The average molecular weight is 247 g/mol. The molecule has 0 aliphatic heterocycles. The van der Waals surface area contributed by atoms with Gasteiger partial charge in [-0.15, -0.1) is 0 Å². The fourth-order valence-corrected chi connectivity index (χ4v) is 2.14. The summed E-state index contributed by atoms with van der Waals surface area (Å²) in [7, 11) is -3.51. The quantitative estimate of drug-likeness (QED) is 0.670. The lowest BCUT2D eigenvalue weighted by Gasteiger charge is -2.03. The van der Waals surface area contributed by atoms with Crippen molar-refractivity contribution in [2.24, 2.45) is 0 Å². The van der Waals surface area contributed by atoms with Crippen LogP contribution in [0.15, 0.2) is 6.07 Å². The second-order valence-electron chi connectivity index (χ2n) is 3.35. The molecule has 0 fully saturated rings. The fraction of sp³-hybridized carbons (Fsp3) is 0.500. The van der Waals surface area contributed by atoms with Crippen LogP contribution in [0, 0.1) is 6.92 Å². The minimum Gasteiger partial charge on any atom is -0.481 e. The predicted octanol–water partition coefficient (Wildman–Crippen LogP) is 0.325. The van der Waals surface area contributed by atoms with Gasteiger partial charge in [-0.1, -0.05) is 0 Å². The normalized spacial score (nSPS) is 11.3. The number of aliphatic carboxylic acids is 1. The van der Waals surface area contributed by atoms with Gasteiger partial charge in [-0.25, -0.2) is 8.42 Å². The smallest absolute Gasteiger partial charge is 0.303 e. The number of carboxylic acid groups (broad SMARTS) is 1.